The molecular formula is C33H43N7O4S. The quantitative estimate of drug-likeness (QED) is 0.348. The zero-order valence-corrected chi connectivity index (χ0v) is 27.5. The van der Waals surface area contributed by atoms with Gasteiger partial charge in [0.15, 0.2) is 0 Å². The summed E-state index contributed by atoms with van der Waals surface area (Å²) >= 11 is 0. The minimum atomic E-state index is -3.14. The second kappa shape index (κ2) is 11.2. The van der Waals surface area contributed by atoms with Crippen molar-refractivity contribution in [2.45, 2.75) is 70.2 Å². The van der Waals surface area contributed by atoms with E-state index in [0.717, 1.165) is 28.4 Å². The molecule has 0 spiro atoms. The molecule has 0 saturated carbocycles. The summed E-state index contributed by atoms with van der Waals surface area (Å²) < 4.78 is 24.4. The lowest BCUT2D eigenvalue weighted by Crippen LogP contribution is -2.71. The number of sulfone groups is 1. The highest BCUT2D eigenvalue weighted by molar-refractivity contribution is 7.90. The average molecular weight is 634 g/mol. The number of hydrogen-bond donors (Lipinski definition) is 2. The third-order valence-electron chi connectivity index (χ3n) is 10.0. The van der Waals surface area contributed by atoms with E-state index in [0.29, 0.717) is 50.1 Å². The highest BCUT2D eigenvalue weighted by Gasteiger charge is 2.53. The first-order valence-electron chi connectivity index (χ1n) is 15.6. The molecule has 6 rings (SSSR count). The highest BCUT2D eigenvalue weighted by Crippen LogP contribution is 2.49. The molecule has 1 amide bonds. The Bertz CT molecular complexity index is 1750. The standard InChI is InChI=1S/C33H43N7O4S/c1-7-30(41)39-15-11-26(39)22-8-9-27(40-21(2)25(32(40,3)4)20-45(6,43)44)24-19-35-29(18-23(22)24)36-28-10-14-34-31(37-28)38-16-12-33(5,42)13-17-38/h7-10,14,18-19,21,25-26,42H,1,11-13,15-17,20H2,2-6H3,(H,34,35,36,37)/t21-,25-,26+/m1/s1. The molecular weight excluding hydrogens is 590 g/mol. The maximum atomic E-state index is 12.6. The molecule has 0 radical (unpaired) electrons. The molecule has 3 saturated heterocycles. The van der Waals surface area contributed by atoms with E-state index in [2.05, 4.69) is 59.6 Å². The van der Waals surface area contributed by atoms with Gasteiger partial charge in [0.1, 0.15) is 21.5 Å². The van der Waals surface area contributed by atoms with Crippen molar-refractivity contribution in [2.24, 2.45) is 5.92 Å². The molecule has 5 heterocycles. The van der Waals surface area contributed by atoms with Crippen LogP contribution >= 0.6 is 0 Å². The van der Waals surface area contributed by atoms with Crippen LogP contribution in [-0.2, 0) is 14.6 Å². The number of piperidine rings is 1. The number of likely N-dealkylation sites (tertiary alicyclic amines) is 1. The molecule has 3 aliphatic rings. The second-order valence-electron chi connectivity index (χ2n) is 13.6. The number of nitrogens with zero attached hydrogens (tertiary/aromatic N) is 6. The lowest BCUT2D eigenvalue weighted by atomic mass is 9.71. The Hall–Kier alpha value is -3.77. The summed E-state index contributed by atoms with van der Waals surface area (Å²) in [5.74, 6) is 1.85. The molecule has 1 aromatic carbocycles. The number of carbonyl (C=O) groups is 1. The summed E-state index contributed by atoms with van der Waals surface area (Å²) in [7, 11) is -3.14. The average Bonchev–Trinajstić information content (AvgIpc) is 2.96. The number of aliphatic hydroxyl groups is 1. The van der Waals surface area contributed by atoms with Crippen LogP contribution in [0.1, 0.15) is 58.6 Å². The van der Waals surface area contributed by atoms with Crippen molar-refractivity contribution < 1.29 is 18.3 Å². The van der Waals surface area contributed by atoms with Crippen molar-refractivity contribution in [3.63, 3.8) is 0 Å². The first-order chi connectivity index (χ1) is 21.2. The summed E-state index contributed by atoms with van der Waals surface area (Å²) in [5.41, 5.74) is 0.973. The Morgan fingerprint density at radius 3 is 2.47 bits per heavy atom. The van der Waals surface area contributed by atoms with Crippen molar-refractivity contribution in [3.05, 3.63) is 54.9 Å². The van der Waals surface area contributed by atoms with E-state index in [1.54, 1.807) is 12.3 Å². The van der Waals surface area contributed by atoms with E-state index < -0.39 is 15.4 Å². The first kappa shape index (κ1) is 31.2. The lowest BCUT2D eigenvalue weighted by molar-refractivity contribution is -0.133. The monoisotopic (exact) mass is 633 g/mol. The summed E-state index contributed by atoms with van der Waals surface area (Å²) in [4.78, 5) is 32.8. The van der Waals surface area contributed by atoms with Crippen LogP contribution in [0.15, 0.2) is 49.3 Å². The van der Waals surface area contributed by atoms with E-state index in [9.17, 15) is 18.3 Å². The SMILES string of the molecule is C=CC(=O)N1CC[C@H]1c1ccc(N2[C@H](C)[C@@H](CS(C)(=O)=O)C2(C)C)c2cnc(Nc3ccnc(N4CCC(C)(O)CC4)n3)cc12. The minimum absolute atomic E-state index is 0.0125. The fourth-order valence-corrected chi connectivity index (χ4v) is 8.73. The van der Waals surface area contributed by atoms with Gasteiger partial charge in [-0.15, -0.1) is 0 Å². The third kappa shape index (κ3) is 5.85. The van der Waals surface area contributed by atoms with Gasteiger partial charge in [-0.2, -0.15) is 4.98 Å². The van der Waals surface area contributed by atoms with Crippen LogP contribution in [0.2, 0.25) is 0 Å². The van der Waals surface area contributed by atoms with Gasteiger partial charge in [-0.05, 0) is 82.2 Å². The predicted molar refractivity (Wildman–Crippen MR) is 178 cm³/mol. The number of fused-ring (bicyclic) bond motifs is 1. The molecule has 3 fully saturated rings. The number of pyridine rings is 1. The number of anilines is 4. The molecule has 3 atom stereocenters. The Kier molecular flexibility index (Phi) is 7.80. The van der Waals surface area contributed by atoms with Gasteiger partial charge in [-0.25, -0.2) is 18.4 Å². The minimum Gasteiger partial charge on any atom is -0.390 e. The Morgan fingerprint density at radius 2 is 1.84 bits per heavy atom. The molecule has 11 nitrogen and oxygen atoms in total. The van der Waals surface area contributed by atoms with Crippen molar-refractivity contribution in [2.75, 3.05) is 46.8 Å². The fraction of sp³-hybridized carbons (Fsp3) is 0.515. The van der Waals surface area contributed by atoms with Crippen LogP contribution in [-0.4, -0.2) is 88.1 Å². The van der Waals surface area contributed by atoms with E-state index in [-0.39, 0.29) is 35.2 Å². The van der Waals surface area contributed by atoms with E-state index in [4.69, 9.17) is 9.97 Å². The molecule has 2 N–H and O–H groups in total. The van der Waals surface area contributed by atoms with Crippen molar-refractivity contribution in [1.82, 2.24) is 19.9 Å². The van der Waals surface area contributed by atoms with E-state index in [1.165, 1.54) is 12.3 Å². The van der Waals surface area contributed by atoms with Crippen LogP contribution in [0.5, 0.6) is 0 Å². The third-order valence-corrected chi connectivity index (χ3v) is 11.0. The van der Waals surface area contributed by atoms with Gasteiger partial charge in [0, 0.05) is 66.9 Å². The number of aromatic nitrogens is 3. The molecule has 0 bridgehead atoms. The van der Waals surface area contributed by atoms with Gasteiger partial charge < -0.3 is 25.1 Å². The topological polar surface area (TPSA) is 132 Å². The molecule has 12 heteroatoms. The van der Waals surface area contributed by atoms with Crippen LogP contribution in [0.4, 0.5) is 23.3 Å². The number of carbonyl (C=O) groups excluding carboxylic acids is 1. The van der Waals surface area contributed by atoms with E-state index in [1.807, 2.05) is 24.1 Å². The molecule has 3 aromatic rings. The summed E-state index contributed by atoms with van der Waals surface area (Å²) in [5, 5.41) is 15.6. The summed E-state index contributed by atoms with van der Waals surface area (Å²) in [6.07, 6.45) is 8.39. The van der Waals surface area contributed by atoms with Gasteiger partial charge in [0.05, 0.1) is 17.4 Å². The van der Waals surface area contributed by atoms with Gasteiger partial charge in [0.2, 0.25) is 11.9 Å². The normalized spacial score (nSPS) is 24.1. The zero-order valence-electron chi connectivity index (χ0n) is 26.7. The van der Waals surface area contributed by atoms with Gasteiger partial charge in [0.25, 0.3) is 0 Å². The predicted octanol–water partition coefficient (Wildman–Crippen LogP) is 4.23. The Balaban J connectivity index is 1.36. The van der Waals surface area contributed by atoms with Crippen LogP contribution in [0.3, 0.4) is 0 Å². The lowest BCUT2D eigenvalue weighted by Gasteiger charge is -2.62. The van der Waals surface area contributed by atoms with Crippen molar-refractivity contribution in [1.29, 1.82) is 0 Å². The highest BCUT2D eigenvalue weighted by atomic mass is 32.2. The van der Waals surface area contributed by atoms with E-state index >= 15 is 0 Å². The number of amides is 1. The van der Waals surface area contributed by atoms with Crippen molar-refractivity contribution in [3.8, 4) is 0 Å². The number of hydrogen-bond acceptors (Lipinski definition) is 10. The Morgan fingerprint density at radius 1 is 1.11 bits per heavy atom. The van der Waals surface area contributed by atoms with Gasteiger partial charge in [-0.3, -0.25) is 4.79 Å². The maximum absolute atomic E-state index is 12.6. The summed E-state index contributed by atoms with van der Waals surface area (Å²) in [6.45, 7) is 13.8. The zero-order chi connectivity index (χ0) is 32.3. The van der Waals surface area contributed by atoms with Crippen molar-refractivity contribution >= 4 is 49.8 Å². The molecule has 3 aliphatic heterocycles. The number of rotatable bonds is 8. The first-order valence-corrected chi connectivity index (χ1v) is 17.6. The van der Waals surface area contributed by atoms with Crippen LogP contribution in [0, 0.1) is 5.92 Å². The van der Waals surface area contributed by atoms with Crippen LogP contribution < -0.4 is 15.1 Å². The van der Waals surface area contributed by atoms with Crippen LogP contribution in [0.25, 0.3) is 10.8 Å². The molecule has 0 unspecified atom stereocenters. The molecule has 0 aliphatic carbocycles. The Labute approximate surface area is 265 Å². The molecule has 240 valence electrons. The number of benzene rings is 1. The molecule has 2 aromatic heterocycles. The largest absolute Gasteiger partial charge is 0.390 e. The van der Waals surface area contributed by atoms with Gasteiger partial charge in [-0.1, -0.05) is 12.6 Å². The summed E-state index contributed by atoms with van der Waals surface area (Å²) in [6, 6.07) is 7.92. The maximum Gasteiger partial charge on any atom is 0.246 e. The molecule has 45 heavy (non-hydrogen) atoms. The second-order valence-corrected chi connectivity index (χ2v) is 15.8. The number of nitrogens with one attached hydrogen (secondary N) is 1. The smallest absolute Gasteiger partial charge is 0.246 e. The fourth-order valence-electron chi connectivity index (χ4n) is 7.39. The van der Waals surface area contributed by atoms with Gasteiger partial charge >= 0.3 is 0 Å².